The van der Waals surface area contributed by atoms with Gasteiger partial charge in [0.1, 0.15) is 17.2 Å². The van der Waals surface area contributed by atoms with E-state index in [9.17, 15) is 4.79 Å². The molecule has 0 saturated heterocycles. The second-order valence-corrected chi connectivity index (χ2v) is 7.31. The largest absolute Gasteiger partial charge is 0.497 e. The summed E-state index contributed by atoms with van der Waals surface area (Å²) < 4.78 is 12.6. The van der Waals surface area contributed by atoms with E-state index in [2.05, 4.69) is 10.3 Å². The van der Waals surface area contributed by atoms with E-state index in [1.165, 1.54) is 11.8 Å². The molecule has 1 aliphatic heterocycles. The lowest BCUT2D eigenvalue weighted by Gasteiger charge is -2.10. The van der Waals surface area contributed by atoms with Crippen LogP contribution >= 0.6 is 11.8 Å². The highest BCUT2D eigenvalue weighted by molar-refractivity contribution is 8.14. The molecular weight excluding hydrogens is 388 g/mol. The Morgan fingerprint density at radius 2 is 1.97 bits per heavy atom. The Labute approximate surface area is 172 Å². The van der Waals surface area contributed by atoms with Gasteiger partial charge in [0, 0.05) is 17.5 Å². The maximum Gasteiger partial charge on any atom is 0.261 e. The first kappa shape index (κ1) is 19.1. The molecule has 0 atom stereocenters. The lowest BCUT2D eigenvalue weighted by Crippen LogP contribution is -2.27. The topological polar surface area (TPSA) is 77.7 Å². The number of rotatable bonds is 5. The first-order chi connectivity index (χ1) is 14.2. The molecule has 0 unspecified atom stereocenters. The summed E-state index contributed by atoms with van der Waals surface area (Å²) in [6, 6.07) is 15.1. The maximum absolute atomic E-state index is 13.1. The molecule has 29 heavy (non-hydrogen) atoms. The van der Waals surface area contributed by atoms with Gasteiger partial charge in [-0.15, -0.1) is 0 Å². The monoisotopic (exact) mass is 408 g/mol. The number of amidine groups is 1. The van der Waals surface area contributed by atoms with Crippen LogP contribution in [0.15, 0.2) is 59.7 Å². The molecule has 2 heterocycles. The zero-order valence-corrected chi connectivity index (χ0v) is 16.9. The highest BCUT2D eigenvalue weighted by Gasteiger charge is 2.23. The summed E-state index contributed by atoms with van der Waals surface area (Å²) >= 11 is 1.53. The molecule has 1 aromatic heterocycles. The van der Waals surface area contributed by atoms with Crippen LogP contribution in [0.25, 0.3) is 16.9 Å². The number of benzene rings is 2. The second kappa shape index (κ2) is 8.40. The van der Waals surface area contributed by atoms with Crippen LogP contribution in [-0.4, -0.2) is 47.4 Å². The number of nitrogens with zero attached hydrogens (tertiary/aromatic N) is 3. The van der Waals surface area contributed by atoms with Gasteiger partial charge in [0.25, 0.3) is 5.91 Å². The van der Waals surface area contributed by atoms with Crippen LogP contribution in [0.4, 0.5) is 0 Å². The normalized spacial score (nSPS) is 13.1. The second-order valence-electron chi connectivity index (χ2n) is 6.23. The number of carbonyl (C=O) groups excluding carboxylic acids is 1. The molecule has 3 aromatic rings. The highest BCUT2D eigenvalue weighted by atomic mass is 32.2. The van der Waals surface area contributed by atoms with E-state index in [4.69, 9.17) is 14.6 Å². The Morgan fingerprint density at radius 1 is 1.14 bits per heavy atom. The summed E-state index contributed by atoms with van der Waals surface area (Å²) in [6.45, 7) is 0.708. The van der Waals surface area contributed by atoms with Gasteiger partial charge in [-0.2, -0.15) is 5.10 Å². The Hall–Kier alpha value is -3.26. The number of methoxy groups -OCH3 is 2. The minimum atomic E-state index is -0.264. The molecule has 0 bridgehead atoms. The summed E-state index contributed by atoms with van der Waals surface area (Å²) in [5, 5.41) is 8.22. The van der Waals surface area contributed by atoms with E-state index in [0.717, 1.165) is 11.4 Å². The fourth-order valence-electron chi connectivity index (χ4n) is 3.03. The molecule has 1 amide bonds. The average molecular weight is 408 g/mol. The van der Waals surface area contributed by atoms with Gasteiger partial charge in [0.2, 0.25) is 0 Å². The zero-order valence-electron chi connectivity index (χ0n) is 16.1. The molecule has 4 rings (SSSR count). The molecule has 2 aromatic carbocycles. The molecular formula is C21H20N4O3S. The van der Waals surface area contributed by atoms with Crippen LogP contribution in [0.1, 0.15) is 10.4 Å². The van der Waals surface area contributed by atoms with Crippen molar-refractivity contribution in [1.82, 2.24) is 15.1 Å². The summed E-state index contributed by atoms with van der Waals surface area (Å²) in [6.07, 6.45) is 1.72. The Morgan fingerprint density at radius 3 is 2.66 bits per heavy atom. The van der Waals surface area contributed by atoms with E-state index >= 15 is 0 Å². The van der Waals surface area contributed by atoms with Crippen LogP contribution in [0, 0.1) is 0 Å². The number of hydrogen-bond donors (Lipinski definition) is 1. The fraction of sp³-hybridized carbons (Fsp3) is 0.190. The number of aromatic nitrogens is 2. The van der Waals surface area contributed by atoms with Crippen molar-refractivity contribution >= 4 is 22.8 Å². The van der Waals surface area contributed by atoms with Gasteiger partial charge in [0.15, 0.2) is 5.17 Å². The van der Waals surface area contributed by atoms with Crippen molar-refractivity contribution in [1.29, 1.82) is 0 Å². The third-order valence-electron chi connectivity index (χ3n) is 4.45. The number of hydrogen-bond acceptors (Lipinski definition) is 6. The molecule has 0 saturated carbocycles. The number of carbonyl (C=O) groups is 1. The number of nitrogens with one attached hydrogen (secondary N) is 1. The molecule has 1 N–H and O–H groups in total. The van der Waals surface area contributed by atoms with Gasteiger partial charge in [-0.1, -0.05) is 30.0 Å². The lowest BCUT2D eigenvalue weighted by atomic mass is 10.1. The van der Waals surface area contributed by atoms with Crippen LogP contribution in [0.2, 0.25) is 0 Å². The van der Waals surface area contributed by atoms with E-state index in [1.54, 1.807) is 37.2 Å². The maximum atomic E-state index is 13.1. The van der Waals surface area contributed by atoms with E-state index in [-0.39, 0.29) is 5.91 Å². The van der Waals surface area contributed by atoms with Gasteiger partial charge in [-0.05, 0) is 30.3 Å². The van der Waals surface area contributed by atoms with Crippen LogP contribution < -0.4 is 14.8 Å². The van der Waals surface area contributed by atoms with Crippen LogP contribution in [-0.2, 0) is 0 Å². The molecule has 0 aliphatic carbocycles. The van der Waals surface area contributed by atoms with Crippen molar-refractivity contribution in [2.24, 2.45) is 4.99 Å². The molecule has 7 nitrogen and oxygen atoms in total. The predicted molar refractivity (Wildman–Crippen MR) is 114 cm³/mol. The molecule has 8 heteroatoms. The van der Waals surface area contributed by atoms with Gasteiger partial charge >= 0.3 is 0 Å². The minimum Gasteiger partial charge on any atom is -0.497 e. The molecule has 1 aliphatic rings. The molecule has 0 radical (unpaired) electrons. The predicted octanol–water partition coefficient (Wildman–Crippen LogP) is 3.39. The van der Waals surface area contributed by atoms with Crippen molar-refractivity contribution in [2.75, 3.05) is 26.5 Å². The van der Waals surface area contributed by atoms with Crippen molar-refractivity contribution in [3.8, 4) is 28.4 Å². The fourth-order valence-corrected chi connectivity index (χ4v) is 3.75. The Kier molecular flexibility index (Phi) is 5.53. The number of aliphatic imine (C=N–C) groups is 1. The van der Waals surface area contributed by atoms with Gasteiger partial charge in [-0.3, -0.25) is 9.79 Å². The first-order valence-corrected chi connectivity index (χ1v) is 10.0. The van der Waals surface area contributed by atoms with E-state index in [0.29, 0.717) is 40.0 Å². The molecule has 0 spiro atoms. The quantitative estimate of drug-likeness (QED) is 0.700. The van der Waals surface area contributed by atoms with Crippen molar-refractivity contribution in [3.63, 3.8) is 0 Å². The van der Waals surface area contributed by atoms with Crippen molar-refractivity contribution in [3.05, 3.63) is 60.3 Å². The average Bonchev–Trinajstić information content (AvgIpc) is 3.44. The zero-order chi connectivity index (χ0) is 20.2. The summed E-state index contributed by atoms with van der Waals surface area (Å²) in [5.41, 5.74) is 2.45. The number of para-hydroxylation sites is 1. The van der Waals surface area contributed by atoms with Crippen LogP contribution in [0.3, 0.4) is 0 Å². The molecule has 148 valence electrons. The van der Waals surface area contributed by atoms with Crippen molar-refractivity contribution < 1.29 is 14.3 Å². The van der Waals surface area contributed by atoms with E-state index in [1.807, 2.05) is 36.4 Å². The standard InChI is InChI=1S/C21H20N4O3S/c1-27-15-8-9-18(28-2)16(12-15)19-17(20(26)23-21-22-10-11-29-21)13-25(24-19)14-6-4-3-5-7-14/h3-9,12-13H,10-11H2,1-2H3,(H,22,23,26). The third-order valence-corrected chi connectivity index (χ3v) is 5.34. The Bertz CT molecular complexity index is 1060. The summed E-state index contributed by atoms with van der Waals surface area (Å²) in [7, 11) is 3.18. The van der Waals surface area contributed by atoms with E-state index < -0.39 is 0 Å². The van der Waals surface area contributed by atoms with Gasteiger partial charge in [-0.25, -0.2) is 4.68 Å². The smallest absolute Gasteiger partial charge is 0.261 e. The lowest BCUT2D eigenvalue weighted by molar-refractivity contribution is 0.0978. The first-order valence-electron chi connectivity index (χ1n) is 9.05. The molecule has 0 fully saturated rings. The minimum absolute atomic E-state index is 0.264. The number of thioether (sulfide) groups is 1. The number of amides is 1. The van der Waals surface area contributed by atoms with Gasteiger partial charge in [0.05, 0.1) is 32.0 Å². The Balaban J connectivity index is 1.83. The van der Waals surface area contributed by atoms with Crippen molar-refractivity contribution in [2.45, 2.75) is 0 Å². The van der Waals surface area contributed by atoms with Crippen LogP contribution in [0.5, 0.6) is 11.5 Å². The van der Waals surface area contributed by atoms with Gasteiger partial charge < -0.3 is 14.8 Å². The summed E-state index contributed by atoms with van der Waals surface area (Å²) in [4.78, 5) is 17.4. The third kappa shape index (κ3) is 3.97. The highest BCUT2D eigenvalue weighted by Crippen LogP contribution is 2.35. The SMILES string of the molecule is COc1ccc(OC)c(-c2nn(-c3ccccc3)cc2C(=O)NC2=NCCS2)c1. The summed E-state index contributed by atoms with van der Waals surface area (Å²) in [5.74, 6) is 1.86. The number of ether oxygens (including phenoxy) is 2.